The molecule has 0 fully saturated rings. The maximum atomic E-state index is 11.2. The SMILES string of the molecule is COCCC1C=C(N=O)C=CC1=O. The number of rotatable bonds is 4. The summed E-state index contributed by atoms with van der Waals surface area (Å²) in [5.74, 6) is -0.248. The Balaban J connectivity index is 2.62. The van der Waals surface area contributed by atoms with Crippen LogP contribution in [0, 0.1) is 10.8 Å². The largest absolute Gasteiger partial charge is 0.385 e. The van der Waals surface area contributed by atoms with E-state index in [-0.39, 0.29) is 11.7 Å². The molecule has 0 radical (unpaired) electrons. The van der Waals surface area contributed by atoms with Gasteiger partial charge in [0, 0.05) is 19.6 Å². The van der Waals surface area contributed by atoms with Gasteiger partial charge in [-0.25, -0.2) is 0 Å². The standard InChI is InChI=1S/C9H11NO3/c1-13-5-4-7-6-8(10-12)2-3-9(7)11/h2-3,6-7H,4-5H2,1H3. The van der Waals surface area contributed by atoms with Gasteiger partial charge in [-0.2, -0.15) is 0 Å². The summed E-state index contributed by atoms with van der Waals surface area (Å²) in [6.07, 6.45) is 4.99. The number of nitrogens with zero attached hydrogens (tertiary/aromatic N) is 1. The zero-order valence-electron chi connectivity index (χ0n) is 7.40. The molecule has 1 aliphatic rings. The highest BCUT2D eigenvalue weighted by molar-refractivity contribution is 5.94. The second-order valence-electron chi connectivity index (χ2n) is 2.81. The van der Waals surface area contributed by atoms with Gasteiger partial charge in [0.05, 0.1) is 0 Å². The van der Waals surface area contributed by atoms with Crippen LogP contribution in [0.4, 0.5) is 0 Å². The molecule has 0 saturated heterocycles. The number of hydrogen-bond acceptors (Lipinski definition) is 4. The molecule has 1 rings (SSSR count). The minimum absolute atomic E-state index is 0.00412. The number of methoxy groups -OCH3 is 1. The van der Waals surface area contributed by atoms with Gasteiger partial charge < -0.3 is 4.74 Å². The van der Waals surface area contributed by atoms with Crippen molar-refractivity contribution in [3.8, 4) is 0 Å². The first-order chi connectivity index (χ1) is 6.27. The van der Waals surface area contributed by atoms with Gasteiger partial charge in [0.25, 0.3) is 0 Å². The fourth-order valence-corrected chi connectivity index (χ4v) is 1.17. The molecular formula is C9H11NO3. The second kappa shape index (κ2) is 4.67. The third kappa shape index (κ3) is 2.59. The lowest BCUT2D eigenvalue weighted by molar-refractivity contribution is -0.117. The van der Waals surface area contributed by atoms with E-state index in [1.165, 1.54) is 12.2 Å². The van der Waals surface area contributed by atoms with E-state index < -0.39 is 0 Å². The van der Waals surface area contributed by atoms with Gasteiger partial charge in [0.2, 0.25) is 0 Å². The van der Waals surface area contributed by atoms with Crippen LogP contribution in [0.15, 0.2) is 29.1 Å². The van der Waals surface area contributed by atoms with Crippen LogP contribution in [0.25, 0.3) is 0 Å². The molecule has 0 aliphatic heterocycles. The molecule has 0 heterocycles. The quantitative estimate of drug-likeness (QED) is 0.616. The van der Waals surface area contributed by atoms with Gasteiger partial charge in [-0.15, -0.1) is 4.91 Å². The normalized spacial score (nSPS) is 21.5. The molecule has 4 nitrogen and oxygen atoms in total. The third-order valence-electron chi connectivity index (χ3n) is 1.89. The summed E-state index contributed by atoms with van der Waals surface area (Å²) in [7, 11) is 1.58. The molecule has 0 saturated carbocycles. The Labute approximate surface area is 76.2 Å². The molecule has 13 heavy (non-hydrogen) atoms. The van der Waals surface area contributed by atoms with Crippen LogP contribution < -0.4 is 0 Å². The Morgan fingerprint density at radius 3 is 2.92 bits per heavy atom. The van der Waals surface area contributed by atoms with Crippen molar-refractivity contribution in [2.24, 2.45) is 11.1 Å². The van der Waals surface area contributed by atoms with Crippen molar-refractivity contribution >= 4 is 5.78 Å². The van der Waals surface area contributed by atoms with Gasteiger partial charge in [-0.1, -0.05) is 0 Å². The highest BCUT2D eigenvalue weighted by atomic mass is 16.5. The molecule has 0 bridgehead atoms. The van der Waals surface area contributed by atoms with Crippen LogP contribution in [0.3, 0.4) is 0 Å². The monoisotopic (exact) mass is 181 g/mol. The molecule has 70 valence electrons. The van der Waals surface area contributed by atoms with Gasteiger partial charge in [-0.05, 0) is 29.8 Å². The molecule has 1 aliphatic carbocycles. The summed E-state index contributed by atoms with van der Waals surface area (Å²) in [4.78, 5) is 21.4. The average Bonchev–Trinajstić information content (AvgIpc) is 2.17. The number of nitroso groups, excluding NO2 is 1. The van der Waals surface area contributed by atoms with E-state index in [4.69, 9.17) is 4.74 Å². The van der Waals surface area contributed by atoms with Gasteiger partial charge >= 0.3 is 0 Å². The zero-order valence-corrected chi connectivity index (χ0v) is 7.40. The predicted molar refractivity (Wildman–Crippen MR) is 48.0 cm³/mol. The van der Waals surface area contributed by atoms with Crippen LogP contribution in [0.2, 0.25) is 0 Å². The highest BCUT2D eigenvalue weighted by Crippen LogP contribution is 2.17. The molecule has 0 spiro atoms. The number of carbonyl (C=O) groups excluding carboxylic acids is 1. The van der Waals surface area contributed by atoms with Crippen LogP contribution in [-0.2, 0) is 9.53 Å². The molecule has 0 amide bonds. The van der Waals surface area contributed by atoms with Crippen molar-refractivity contribution in [3.63, 3.8) is 0 Å². The summed E-state index contributed by atoms with van der Waals surface area (Å²) >= 11 is 0. The zero-order chi connectivity index (χ0) is 9.68. The van der Waals surface area contributed by atoms with Crippen LogP contribution in [0.1, 0.15) is 6.42 Å². The van der Waals surface area contributed by atoms with Crippen molar-refractivity contribution in [1.82, 2.24) is 0 Å². The van der Waals surface area contributed by atoms with E-state index in [9.17, 15) is 9.70 Å². The van der Waals surface area contributed by atoms with E-state index >= 15 is 0 Å². The lowest BCUT2D eigenvalue weighted by Crippen LogP contribution is -2.14. The Morgan fingerprint density at radius 2 is 2.31 bits per heavy atom. The van der Waals surface area contributed by atoms with Crippen molar-refractivity contribution in [1.29, 1.82) is 0 Å². The first-order valence-corrected chi connectivity index (χ1v) is 4.04. The molecule has 1 atom stereocenters. The highest BCUT2D eigenvalue weighted by Gasteiger charge is 2.17. The number of ketones is 1. The van der Waals surface area contributed by atoms with Crippen LogP contribution >= 0.6 is 0 Å². The summed E-state index contributed by atoms with van der Waals surface area (Å²) in [6, 6.07) is 0. The lowest BCUT2D eigenvalue weighted by atomic mass is 9.95. The topological polar surface area (TPSA) is 55.7 Å². The first kappa shape index (κ1) is 9.80. The third-order valence-corrected chi connectivity index (χ3v) is 1.89. The van der Waals surface area contributed by atoms with Crippen molar-refractivity contribution in [2.45, 2.75) is 6.42 Å². The number of carbonyl (C=O) groups is 1. The van der Waals surface area contributed by atoms with E-state index in [0.717, 1.165) is 0 Å². The average molecular weight is 181 g/mol. The molecule has 1 unspecified atom stereocenters. The fraction of sp³-hybridized carbons (Fsp3) is 0.444. The van der Waals surface area contributed by atoms with Crippen molar-refractivity contribution in [3.05, 3.63) is 28.8 Å². The predicted octanol–water partition coefficient (Wildman–Crippen LogP) is 1.43. The summed E-state index contributed by atoms with van der Waals surface area (Å²) < 4.78 is 4.85. The maximum absolute atomic E-state index is 11.2. The van der Waals surface area contributed by atoms with Gasteiger partial charge in [0.1, 0.15) is 5.70 Å². The summed E-state index contributed by atoms with van der Waals surface area (Å²) in [5, 5.41) is 2.77. The van der Waals surface area contributed by atoms with E-state index in [2.05, 4.69) is 5.18 Å². The number of allylic oxidation sites excluding steroid dienone is 3. The van der Waals surface area contributed by atoms with Crippen molar-refractivity contribution in [2.75, 3.05) is 13.7 Å². The smallest absolute Gasteiger partial charge is 0.162 e. The van der Waals surface area contributed by atoms with Gasteiger partial charge in [0.15, 0.2) is 5.78 Å². The van der Waals surface area contributed by atoms with Crippen molar-refractivity contribution < 1.29 is 9.53 Å². The Kier molecular flexibility index (Phi) is 3.52. The lowest BCUT2D eigenvalue weighted by Gasteiger charge is -2.11. The first-order valence-electron chi connectivity index (χ1n) is 4.04. The Morgan fingerprint density at radius 1 is 1.54 bits per heavy atom. The molecule has 0 aromatic rings. The van der Waals surface area contributed by atoms with Crippen LogP contribution in [-0.4, -0.2) is 19.5 Å². The van der Waals surface area contributed by atoms with E-state index in [0.29, 0.717) is 18.7 Å². The Bertz CT molecular complexity index is 268. The second-order valence-corrected chi connectivity index (χ2v) is 2.81. The van der Waals surface area contributed by atoms with Crippen LogP contribution in [0.5, 0.6) is 0 Å². The molecule has 0 aromatic heterocycles. The van der Waals surface area contributed by atoms with E-state index in [1.54, 1.807) is 13.2 Å². The van der Waals surface area contributed by atoms with E-state index in [1.807, 2.05) is 0 Å². The minimum atomic E-state index is -0.252. The Hall–Kier alpha value is -1.29. The fourth-order valence-electron chi connectivity index (χ4n) is 1.17. The summed E-state index contributed by atoms with van der Waals surface area (Å²) in [6.45, 7) is 0.507. The molecule has 4 heteroatoms. The molecular weight excluding hydrogens is 170 g/mol. The molecule has 0 aromatic carbocycles. The molecule has 0 N–H and O–H groups in total. The number of ether oxygens (including phenoxy) is 1. The summed E-state index contributed by atoms with van der Waals surface area (Å²) in [5.41, 5.74) is 0.320. The maximum Gasteiger partial charge on any atom is 0.162 e. The number of hydrogen-bond donors (Lipinski definition) is 0. The van der Waals surface area contributed by atoms with Gasteiger partial charge in [-0.3, -0.25) is 4.79 Å². The minimum Gasteiger partial charge on any atom is -0.385 e.